The first-order chi connectivity index (χ1) is 10.2. The van der Waals surface area contributed by atoms with E-state index in [1.54, 1.807) is 25.3 Å². The van der Waals surface area contributed by atoms with Gasteiger partial charge in [-0.1, -0.05) is 12.1 Å². The SMILES string of the molecule is COc1ccc(CN(C)c2ccc(C=O)cc2C#N)cc1. The molecule has 4 heteroatoms. The number of methoxy groups -OCH3 is 1. The molecule has 0 saturated heterocycles. The molecule has 2 aromatic rings. The van der Waals surface area contributed by atoms with Crippen molar-refractivity contribution >= 4 is 12.0 Å². The van der Waals surface area contributed by atoms with Gasteiger partial charge in [0.2, 0.25) is 0 Å². The summed E-state index contributed by atoms with van der Waals surface area (Å²) in [6.45, 7) is 0.666. The average molecular weight is 280 g/mol. The van der Waals surface area contributed by atoms with Gasteiger partial charge in [-0.2, -0.15) is 5.26 Å². The third-order valence-corrected chi connectivity index (χ3v) is 3.27. The van der Waals surface area contributed by atoms with Crippen LogP contribution in [0.5, 0.6) is 5.75 Å². The summed E-state index contributed by atoms with van der Waals surface area (Å²) in [7, 11) is 3.55. The highest BCUT2D eigenvalue weighted by atomic mass is 16.5. The van der Waals surface area contributed by atoms with Gasteiger partial charge in [0.1, 0.15) is 18.1 Å². The monoisotopic (exact) mass is 280 g/mol. The summed E-state index contributed by atoms with van der Waals surface area (Å²) < 4.78 is 5.13. The maximum Gasteiger partial charge on any atom is 0.150 e. The second kappa shape index (κ2) is 6.58. The normalized spacial score (nSPS) is 9.76. The number of hydrogen-bond acceptors (Lipinski definition) is 4. The average Bonchev–Trinajstić information content (AvgIpc) is 2.54. The summed E-state index contributed by atoms with van der Waals surface area (Å²) in [5.74, 6) is 0.814. The molecule has 0 radical (unpaired) electrons. The molecule has 106 valence electrons. The van der Waals surface area contributed by atoms with Crippen molar-refractivity contribution in [3.63, 3.8) is 0 Å². The fourth-order valence-electron chi connectivity index (χ4n) is 2.14. The van der Waals surface area contributed by atoms with Gasteiger partial charge >= 0.3 is 0 Å². The number of nitrogens with zero attached hydrogens (tertiary/aromatic N) is 2. The third-order valence-electron chi connectivity index (χ3n) is 3.27. The highest BCUT2D eigenvalue weighted by molar-refractivity contribution is 5.78. The van der Waals surface area contributed by atoms with Crippen LogP contribution in [0.2, 0.25) is 0 Å². The van der Waals surface area contributed by atoms with Crippen molar-refractivity contribution in [2.75, 3.05) is 19.1 Å². The summed E-state index contributed by atoms with van der Waals surface area (Å²) >= 11 is 0. The van der Waals surface area contributed by atoms with E-state index in [1.807, 2.05) is 36.2 Å². The standard InChI is InChI=1S/C17H16N2O2/c1-19(11-13-3-6-16(21-2)7-4-13)17-8-5-14(12-20)9-15(17)10-18/h3-9,12H,11H2,1-2H3. The van der Waals surface area contributed by atoms with Crippen LogP contribution in [-0.2, 0) is 6.54 Å². The molecule has 2 rings (SSSR count). The van der Waals surface area contributed by atoms with Crippen LogP contribution in [0.25, 0.3) is 0 Å². The number of benzene rings is 2. The molecule has 4 nitrogen and oxygen atoms in total. The second-order valence-electron chi connectivity index (χ2n) is 4.71. The number of hydrogen-bond donors (Lipinski definition) is 0. The lowest BCUT2D eigenvalue weighted by atomic mass is 10.1. The minimum absolute atomic E-state index is 0.496. The molecule has 0 atom stereocenters. The smallest absolute Gasteiger partial charge is 0.150 e. The van der Waals surface area contributed by atoms with E-state index in [2.05, 4.69) is 6.07 Å². The molecule has 2 aromatic carbocycles. The molecule has 0 aromatic heterocycles. The molecular weight excluding hydrogens is 264 g/mol. The molecule has 0 N–H and O–H groups in total. The van der Waals surface area contributed by atoms with Gasteiger partial charge in [-0.3, -0.25) is 4.79 Å². The van der Waals surface area contributed by atoms with Crippen molar-refractivity contribution in [3.05, 3.63) is 59.2 Å². The molecule has 0 saturated carbocycles. The Morgan fingerprint density at radius 2 is 1.95 bits per heavy atom. The predicted octanol–water partition coefficient (Wildman–Crippen LogP) is 3.02. The molecule has 0 amide bonds. The first-order valence-corrected chi connectivity index (χ1v) is 6.51. The Labute approximate surface area is 124 Å². The number of carbonyl (C=O) groups excluding carboxylic acids is 1. The number of rotatable bonds is 5. The molecular formula is C17H16N2O2. The van der Waals surface area contributed by atoms with E-state index in [0.717, 1.165) is 23.3 Å². The van der Waals surface area contributed by atoms with Gasteiger partial charge in [0.25, 0.3) is 0 Å². The van der Waals surface area contributed by atoms with E-state index in [0.29, 0.717) is 17.7 Å². The topological polar surface area (TPSA) is 53.3 Å². The predicted molar refractivity (Wildman–Crippen MR) is 81.6 cm³/mol. The van der Waals surface area contributed by atoms with Crippen molar-refractivity contribution in [2.24, 2.45) is 0 Å². The maximum absolute atomic E-state index is 10.8. The van der Waals surface area contributed by atoms with Crippen molar-refractivity contribution in [3.8, 4) is 11.8 Å². The number of ether oxygens (including phenoxy) is 1. The van der Waals surface area contributed by atoms with Crippen molar-refractivity contribution in [2.45, 2.75) is 6.54 Å². The molecule has 0 bridgehead atoms. The molecule has 0 fully saturated rings. The molecule has 21 heavy (non-hydrogen) atoms. The Hall–Kier alpha value is -2.80. The lowest BCUT2D eigenvalue weighted by Gasteiger charge is -2.21. The summed E-state index contributed by atoms with van der Waals surface area (Å²) in [6.07, 6.45) is 0.744. The van der Waals surface area contributed by atoms with Crippen LogP contribution < -0.4 is 9.64 Å². The Balaban J connectivity index is 2.21. The number of aldehydes is 1. The van der Waals surface area contributed by atoms with Crippen LogP contribution in [0.3, 0.4) is 0 Å². The van der Waals surface area contributed by atoms with Crippen LogP contribution in [0.4, 0.5) is 5.69 Å². The van der Waals surface area contributed by atoms with E-state index in [1.165, 1.54) is 0 Å². The Morgan fingerprint density at radius 1 is 1.24 bits per heavy atom. The van der Waals surface area contributed by atoms with Crippen molar-refractivity contribution < 1.29 is 9.53 Å². The first-order valence-electron chi connectivity index (χ1n) is 6.51. The zero-order valence-electron chi connectivity index (χ0n) is 12.0. The quantitative estimate of drug-likeness (QED) is 0.790. The van der Waals surface area contributed by atoms with Crippen LogP contribution in [0.1, 0.15) is 21.5 Å². The van der Waals surface area contributed by atoms with Gasteiger partial charge in [0.15, 0.2) is 0 Å². The molecule has 0 aliphatic rings. The lowest BCUT2D eigenvalue weighted by molar-refractivity contribution is 0.112. The lowest BCUT2D eigenvalue weighted by Crippen LogP contribution is -2.17. The van der Waals surface area contributed by atoms with Crippen molar-refractivity contribution in [1.82, 2.24) is 0 Å². The Morgan fingerprint density at radius 3 is 2.52 bits per heavy atom. The Bertz CT molecular complexity index is 672. The molecule has 0 heterocycles. The van der Waals surface area contributed by atoms with Gasteiger partial charge in [-0.15, -0.1) is 0 Å². The zero-order valence-corrected chi connectivity index (χ0v) is 12.0. The van der Waals surface area contributed by atoms with Gasteiger partial charge in [-0.25, -0.2) is 0 Å². The van der Waals surface area contributed by atoms with Gasteiger partial charge in [-0.05, 0) is 35.9 Å². The van der Waals surface area contributed by atoms with E-state index < -0.39 is 0 Å². The highest BCUT2D eigenvalue weighted by Crippen LogP contribution is 2.22. The third kappa shape index (κ3) is 3.40. The van der Waals surface area contributed by atoms with E-state index in [4.69, 9.17) is 4.74 Å². The fourth-order valence-corrected chi connectivity index (χ4v) is 2.14. The minimum atomic E-state index is 0.496. The van der Waals surface area contributed by atoms with E-state index in [-0.39, 0.29) is 0 Å². The number of anilines is 1. The zero-order chi connectivity index (χ0) is 15.2. The minimum Gasteiger partial charge on any atom is -0.497 e. The Kier molecular flexibility index (Phi) is 4.57. The van der Waals surface area contributed by atoms with E-state index in [9.17, 15) is 10.1 Å². The summed E-state index contributed by atoms with van der Waals surface area (Å²) in [4.78, 5) is 12.8. The first kappa shape index (κ1) is 14.6. The number of carbonyl (C=O) groups is 1. The molecule has 0 aliphatic heterocycles. The van der Waals surface area contributed by atoms with Crippen LogP contribution in [-0.4, -0.2) is 20.4 Å². The summed E-state index contributed by atoms with van der Waals surface area (Å²) in [5.41, 5.74) is 2.92. The summed E-state index contributed by atoms with van der Waals surface area (Å²) in [5, 5.41) is 9.21. The molecule has 0 spiro atoms. The largest absolute Gasteiger partial charge is 0.497 e. The maximum atomic E-state index is 10.8. The van der Waals surface area contributed by atoms with Crippen LogP contribution >= 0.6 is 0 Å². The highest BCUT2D eigenvalue weighted by Gasteiger charge is 2.09. The fraction of sp³-hybridized carbons (Fsp3) is 0.176. The van der Waals surface area contributed by atoms with E-state index >= 15 is 0 Å². The van der Waals surface area contributed by atoms with Crippen molar-refractivity contribution in [1.29, 1.82) is 5.26 Å². The van der Waals surface area contributed by atoms with Gasteiger partial charge in [0, 0.05) is 19.2 Å². The second-order valence-corrected chi connectivity index (χ2v) is 4.71. The van der Waals surface area contributed by atoms with Crippen LogP contribution in [0, 0.1) is 11.3 Å². The molecule has 0 unspecified atom stereocenters. The number of nitriles is 1. The summed E-state index contributed by atoms with van der Waals surface area (Å²) in [6, 6.07) is 15.0. The molecule has 0 aliphatic carbocycles. The van der Waals surface area contributed by atoms with Gasteiger partial charge < -0.3 is 9.64 Å². The van der Waals surface area contributed by atoms with Crippen LogP contribution in [0.15, 0.2) is 42.5 Å². The van der Waals surface area contributed by atoms with Gasteiger partial charge in [0.05, 0.1) is 18.4 Å².